The molecular weight excluding hydrogens is 428 g/mol. The van der Waals surface area contributed by atoms with E-state index in [4.69, 9.17) is 21.1 Å². The molecule has 0 radical (unpaired) electrons. The Morgan fingerprint density at radius 3 is 2.38 bits per heavy atom. The van der Waals surface area contributed by atoms with Gasteiger partial charge in [0.1, 0.15) is 17.2 Å². The van der Waals surface area contributed by atoms with Crippen LogP contribution in [0.25, 0.3) is 5.57 Å². The Balaban J connectivity index is 1.81. The molecule has 32 heavy (non-hydrogen) atoms. The first-order valence-electron chi connectivity index (χ1n) is 10.1. The number of nitrogens with one attached hydrogen (secondary N) is 1. The topological polar surface area (TPSA) is 67.9 Å². The number of imide groups is 1. The minimum Gasteiger partial charge on any atom is -0.496 e. The summed E-state index contributed by atoms with van der Waals surface area (Å²) in [7, 11) is 1.52. The quantitative estimate of drug-likeness (QED) is 0.506. The summed E-state index contributed by atoms with van der Waals surface area (Å²) in [4.78, 5) is 28.1. The van der Waals surface area contributed by atoms with Crippen molar-refractivity contribution in [3.63, 3.8) is 0 Å². The van der Waals surface area contributed by atoms with E-state index in [2.05, 4.69) is 5.32 Å². The van der Waals surface area contributed by atoms with E-state index < -0.39 is 11.8 Å². The Bertz CT molecular complexity index is 1200. The van der Waals surface area contributed by atoms with Gasteiger partial charge >= 0.3 is 0 Å². The number of rotatable bonds is 7. The van der Waals surface area contributed by atoms with Gasteiger partial charge in [0, 0.05) is 16.3 Å². The molecule has 6 nitrogen and oxygen atoms in total. The van der Waals surface area contributed by atoms with Crippen LogP contribution in [-0.2, 0) is 9.59 Å². The number of nitrogens with zero attached hydrogens (tertiary/aromatic N) is 1. The highest BCUT2D eigenvalue weighted by Gasteiger charge is 2.41. The Hall–Kier alpha value is -3.77. The first-order chi connectivity index (χ1) is 15.5. The molecule has 0 spiro atoms. The van der Waals surface area contributed by atoms with Crippen molar-refractivity contribution in [3.8, 4) is 11.5 Å². The summed E-state index contributed by atoms with van der Waals surface area (Å²) in [6.07, 6.45) is 0. The Morgan fingerprint density at radius 2 is 1.69 bits per heavy atom. The third-order valence-corrected chi connectivity index (χ3v) is 5.20. The van der Waals surface area contributed by atoms with Crippen molar-refractivity contribution < 1.29 is 19.1 Å². The first-order valence-corrected chi connectivity index (χ1v) is 10.4. The molecule has 1 aliphatic rings. The van der Waals surface area contributed by atoms with E-state index in [1.165, 1.54) is 7.11 Å². The van der Waals surface area contributed by atoms with Crippen LogP contribution in [0.4, 0.5) is 11.4 Å². The fourth-order valence-electron chi connectivity index (χ4n) is 3.54. The molecule has 0 atom stereocenters. The largest absolute Gasteiger partial charge is 0.496 e. The SMILES string of the molecule is CCOc1ccc(NC2=C(c3ccccc3OC)C(=O)N(c3cccc(Cl)c3)C2=O)cc1. The van der Waals surface area contributed by atoms with Gasteiger partial charge in [-0.2, -0.15) is 0 Å². The van der Waals surface area contributed by atoms with Crippen LogP contribution >= 0.6 is 11.6 Å². The molecule has 3 aromatic rings. The van der Waals surface area contributed by atoms with Gasteiger partial charge in [0.05, 0.1) is 25.0 Å². The molecule has 0 aromatic heterocycles. The lowest BCUT2D eigenvalue weighted by Crippen LogP contribution is -2.32. The van der Waals surface area contributed by atoms with Crippen LogP contribution in [0.2, 0.25) is 5.02 Å². The molecule has 0 fully saturated rings. The molecular formula is C25H21ClN2O4. The maximum atomic E-state index is 13.5. The van der Waals surface area contributed by atoms with Crippen LogP contribution in [0.1, 0.15) is 12.5 Å². The lowest BCUT2D eigenvalue weighted by molar-refractivity contribution is -0.120. The molecule has 0 saturated carbocycles. The monoisotopic (exact) mass is 448 g/mol. The summed E-state index contributed by atoms with van der Waals surface area (Å²) in [6.45, 7) is 2.46. The van der Waals surface area contributed by atoms with Crippen LogP contribution in [0.15, 0.2) is 78.5 Å². The van der Waals surface area contributed by atoms with Gasteiger partial charge in [-0.1, -0.05) is 35.9 Å². The first kappa shape index (κ1) is 21.5. The average molecular weight is 449 g/mol. The molecule has 1 aliphatic heterocycles. The summed E-state index contributed by atoms with van der Waals surface area (Å²) in [5, 5.41) is 3.55. The Morgan fingerprint density at radius 1 is 0.938 bits per heavy atom. The zero-order valence-electron chi connectivity index (χ0n) is 17.6. The lowest BCUT2D eigenvalue weighted by atomic mass is 10.0. The maximum Gasteiger partial charge on any atom is 0.282 e. The highest BCUT2D eigenvalue weighted by molar-refractivity contribution is 6.46. The summed E-state index contributed by atoms with van der Waals surface area (Å²) in [5.74, 6) is 0.260. The van der Waals surface area contributed by atoms with Gasteiger partial charge in [0.2, 0.25) is 0 Å². The normalized spacial score (nSPS) is 13.5. The zero-order valence-corrected chi connectivity index (χ0v) is 18.3. The van der Waals surface area contributed by atoms with Crippen LogP contribution in [0.5, 0.6) is 11.5 Å². The number of amides is 2. The number of para-hydroxylation sites is 1. The predicted molar refractivity (Wildman–Crippen MR) is 125 cm³/mol. The van der Waals surface area contributed by atoms with Crippen molar-refractivity contribution in [2.75, 3.05) is 23.9 Å². The van der Waals surface area contributed by atoms with Crippen molar-refractivity contribution >= 4 is 40.4 Å². The molecule has 0 bridgehead atoms. The standard InChI is InChI=1S/C25H21ClN2O4/c1-3-32-19-13-11-17(12-14-19)27-23-22(20-9-4-5-10-21(20)31-2)24(29)28(25(23)30)18-8-6-7-16(26)15-18/h4-15,27H,3H2,1-2H3. The lowest BCUT2D eigenvalue weighted by Gasteiger charge is -2.16. The van der Waals surface area contributed by atoms with E-state index in [0.717, 1.165) is 4.90 Å². The smallest absolute Gasteiger partial charge is 0.282 e. The number of methoxy groups -OCH3 is 1. The molecule has 1 N–H and O–H groups in total. The van der Waals surface area contributed by atoms with Crippen LogP contribution < -0.4 is 19.7 Å². The van der Waals surface area contributed by atoms with E-state index in [9.17, 15) is 9.59 Å². The van der Waals surface area contributed by atoms with Crippen molar-refractivity contribution in [3.05, 3.63) is 89.1 Å². The third kappa shape index (κ3) is 4.05. The number of carbonyl (C=O) groups is 2. The third-order valence-electron chi connectivity index (χ3n) is 4.96. The number of carbonyl (C=O) groups excluding carboxylic acids is 2. The van der Waals surface area contributed by atoms with Gasteiger partial charge in [-0.25, -0.2) is 4.90 Å². The molecule has 4 rings (SSSR count). The van der Waals surface area contributed by atoms with E-state index >= 15 is 0 Å². The van der Waals surface area contributed by atoms with Crippen molar-refractivity contribution in [2.24, 2.45) is 0 Å². The summed E-state index contributed by atoms with van der Waals surface area (Å²) < 4.78 is 10.9. The van der Waals surface area contributed by atoms with Gasteiger partial charge in [-0.05, 0) is 55.5 Å². The molecule has 0 aliphatic carbocycles. The second-order valence-corrected chi connectivity index (χ2v) is 7.39. The number of halogens is 1. The highest BCUT2D eigenvalue weighted by atomic mass is 35.5. The number of anilines is 2. The summed E-state index contributed by atoms with van der Waals surface area (Å²) in [5.41, 5.74) is 1.93. The molecule has 162 valence electrons. The highest BCUT2D eigenvalue weighted by Crippen LogP contribution is 2.37. The van der Waals surface area contributed by atoms with Gasteiger partial charge in [-0.3, -0.25) is 9.59 Å². The number of hydrogen-bond donors (Lipinski definition) is 1. The Kier molecular flexibility index (Phi) is 6.14. The second-order valence-electron chi connectivity index (χ2n) is 6.96. The van der Waals surface area contributed by atoms with E-state index in [-0.39, 0.29) is 11.3 Å². The minimum atomic E-state index is -0.480. The van der Waals surface area contributed by atoms with Crippen LogP contribution in [0, 0.1) is 0 Å². The van der Waals surface area contributed by atoms with Gasteiger partial charge in [-0.15, -0.1) is 0 Å². The fourth-order valence-corrected chi connectivity index (χ4v) is 3.73. The number of benzene rings is 3. The van der Waals surface area contributed by atoms with Gasteiger partial charge in [0.25, 0.3) is 11.8 Å². The number of ether oxygens (including phenoxy) is 2. The molecule has 1 heterocycles. The van der Waals surface area contributed by atoms with Gasteiger partial charge in [0.15, 0.2) is 0 Å². The predicted octanol–water partition coefficient (Wildman–Crippen LogP) is 5.14. The number of hydrogen-bond acceptors (Lipinski definition) is 5. The molecule has 0 saturated heterocycles. The van der Waals surface area contributed by atoms with E-state index in [0.29, 0.717) is 40.1 Å². The molecule has 0 unspecified atom stereocenters. The minimum absolute atomic E-state index is 0.156. The van der Waals surface area contributed by atoms with Crippen LogP contribution in [0.3, 0.4) is 0 Å². The summed E-state index contributed by atoms with van der Waals surface area (Å²) >= 11 is 6.12. The average Bonchev–Trinajstić information content (AvgIpc) is 3.04. The zero-order chi connectivity index (χ0) is 22.7. The van der Waals surface area contributed by atoms with Crippen molar-refractivity contribution in [1.82, 2.24) is 0 Å². The molecule has 2 amide bonds. The van der Waals surface area contributed by atoms with Crippen molar-refractivity contribution in [1.29, 1.82) is 0 Å². The van der Waals surface area contributed by atoms with Crippen molar-refractivity contribution in [2.45, 2.75) is 6.92 Å². The van der Waals surface area contributed by atoms with Crippen LogP contribution in [-0.4, -0.2) is 25.5 Å². The van der Waals surface area contributed by atoms with Gasteiger partial charge < -0.3 is 14.8 Å². The fraction of sp³-hybridized carbons (Fsp3) is 0.120. The summed E-state index contributed by atoms with van der Waals surface area (Å²) in [6, 6.07) is 20.9. The molecule has 7 heteroatoms. The van der Waals surface area contributed by atoms with E-state index in [1.54, 1.807) is 72.8 Å². The van der Waals surface area contributed by atoms with E-state index in [1.807, 2.05) is 6.92 Å². The maximum absolute atomic E-state index is 13.5. The molecule has 3 aromatic carbocycles. The Labute approximate surface area is 191 Å². The second kappa shape index (κ2) is 9.16.